The fourth-order valence-electron chi connectivity index (χ4n) is 4.36. The van der Waals surface area contributed by atoms with Crippen molar-refractivity contribution in [2.75, 3.05) is 13.1 Å². The zero-order valence-corrected chi connectivity index (χ0v) is 17.0. The molecule has 4 rings (SSSR count). The number of rotatable bonds is 3. The van der Waals surface area contributed by atoms with Crippen LogP contribution in [-0.4, -0.2) is 29.2 Å². The van der Waals surface area contributed by atoms with Crippen LogP contribution in [0.25, 0.3) is 11.4 Å². The minimum absolute atomic E-state index is 0.185. The van der Waals surface area contributed by atoms with Gasteiger partial charge in [-0.2, -0.15) is 4.98 Å². The lowest BCUT2D eigenvalue weighted by Crippen LogP contribution is -2.34. The molecule has 0 radical (unpaired) electrons. The van der Waals surface area contributed by atoms with E-state index >= 15 is 0 Å². The zero-order valence-electron chi connectivity index (χ0n) is 17.0. The van der Waals surface area contributed by atoms with Crippen LogP contribution in [0.15, 0.2) is 30.5 Å². The van der Waals surface area contributed by atoms with Crippen LogP contribution in [0, 0.1) is 0 Å². The molecule has 4 nitrogen and oxygen atoms in total. The van der Waals surface area contributed by atoms with Crippen molar-refractivity contribution in [2.24, 2.45) is 0 Å². The zero-order chi connectivity index (χ0) is 19.1. The predicted molar refractivity (Wildman–Crippen MR) is 109 cm³/mol. The molecule has 1 fully saturated rings. The van der Waals surface area contributed by atoms with Gasteiger partial charge in [-0.15, -0.1) is 0 Å². The van der Waals surface area contributed by atoms with Crippen molar-refractivity contribution >= 4 is 0 Å². The fourth-order valence-corrected chi connectivity index (χ4v) is 4.36. The van der Waals surface area contributed by atoms with Crippen LogP contribution in [0.3, 0.4) is 0 Å². The molecular formula is C23H31N3O. The minimum atomic E-state index is 0.185. The summed E-state index contributed by atoms with van der Waals surface area (Å²) >= 11 is 0. The first-order valence-electron chi connectivity index (χ1n) is 10.2. The molecule has 1 saturated heterocycles. The van der Waals surface area contributed by atoms with E-state index in [0.717, 1.165) is 37.3 Å². The first-order valence-corrected chi connectivity index (χ1v) is 10.2. The van der Waals surface area contributed by atoms with Crippen molar-refractivity contribution in [1.82, 2.24) is 15.3 Å². The maximum atomic E-state index is 6.11. The van der Waals surface area contributed by atoms with Gasteiger partial charge in [0.25, 0.3) is 0 Å². The quantitative estimate of drug-likeness (QED) is 0.862. The van der Waals surface area contributed by atoms with Crippen LogP contribution < -0.4 is 10.1 Å². The summed E-state index contributed by atoms with van der Waals surface area (Å²) in [5, 5.41) is 3.37. The lowest BCUT2D eigenvalue weighted by Gasteiger charge is -2.42. The molecule has 1 N–H and O–H groups in total. The fraction of sp³-hybridized carbons (Fsp3) is 0.565. The highest BCUT2D eigenvalue weighted by atomic mass is 16.5. The Labute approximate surface area is 162 Å². The maximum Gasteiger partial charge on any atom is 0.217 e. The number of fused-ring (bicyclic) bond motifs is 1. The van der Waals surface area contributed by atoms with Crippen LogP contribution in [0.2, 0.25) is 0 Å². The Morgan fingerprint density at radius 1 is 0.963 bits per heavy atom. The number of nitrogens with zero attached hydrogens (tertiary/aromatic N) is 2. The van der Waals surface area contributed by atoms with Gasteiger partial charge in [0.05, 0.1) is 0 Å². The summed E-state index contributed by atoms with van der Waals surface area (Å²) in [7, 11) is 0. The van der Waals surface area contributed by atoms with Gasteiger partial charge in [-0.1, -0.05) is 39.8 Å². The van der Waals surface area contributed by atoms with Gasteiger partial charge in [0.15, 0.2) is 5.82 Å². The van der Waals surface area contributed by atoms with Gasteiger partial charge in [-0.3, -0.25) is 0 Å². The Balaban J connectivity index is 1.65. The minimum Gasteiger partial charge on any atom is -0.474 e. The van der Waals surface area contributed by atoms with E-state index in [0.29, 0.717) is 5.88 Å². The highest BCUT2D eigenvalue weighted by molar-refractivity contribution is 5.60. The number of nitrogens with one attached hydrogen (secondary N) is 1. The van der Waals surface area contributed by atoms with Gasteiger partial charge >= 0.3 is 0 Å². The van der Waals surface area contributed by atoms with Crippen molar-refractivity contribution in [3.8, 4) is 17.3 Å². The Bertz CT molecular complexity index is 822. The smallest absolute Gasteiger partial charge is 0.217 e. The number of hydrogen-bond donors (Lipinski definition) is 1. The molecule has 1 aliphatic heterocycles. The van der Waals surface area contributed by atoms with Gasteiger partial charge < -0.3 is 10.1 Å². The molecule has 144 valence electrons. The van der Waals surface area contributed by atoms with Gasteiger partial charge in [0.2, 0.25) is 5.88 Å². The summed E-state index contributed by atoms with van der Waals surface area (Å²) in [6, 6.07) is 8.64. The molecule has 1 aromatic carbocycles. The van der Waals surface area contributed by atoms with Gasteiger partial charge in [0.1, 0.15) is 6.10 Å². The second-order valence-electron chi connectivity index (χ2n) is 9.31. The molecular weight excluding hydrogens is 334 g/mol. The number of benzene rings is 1. The SMILES string of the molecule is CC1(C)CCC(C)(C)c2cc(-c3nccc(OC4CCNCC4)n3)ccc21. The second kappa shape index (κ2) is 6.90. The van der Waals surface area contributed by atoms with E-state index < -0.39 is 0 Å². The van der Waals surface area contributed by atoms with E-state index in [1.807, 2.05) is 12.3 Å². The maximum absolute atomic E-state index is 6.11. The molecule has 0 amide bonds. The average molecular weight is 366 g/mol. The summed E-state index contributed by atoms with van der Waals surface area (Å²) < 4.78 is 6.11. The van der Waals surface area contributed by atoms with E-state index in [9.17, 15) is 0 Å². The van der Waals surface area contributed by atoms with Crippen LogP contribution in [0.5, 0.6) is 5.88 Å². The van der Waals surface area contributed by atoms with E-state index in [4.69, 9.17) is 9.72 Å². The Hall–Kier alpha value is -1.94. The van der Waals surface area contributed by atoms with Gasteiger partial charge in [0, 0.05) is 17.8 Å². The molecule has 2 aromatic rings. The molecule has 1 aromatic heterocycles. The molecule has 0 saturated carbocycles. The molecule has 0 atom stereocenters. The topological polar surface area (TPSA) is 47.0 Å². The van der Waals surface area contributed by atoms with Crippen molar-refractivity contribution in [2.45, 2.75) is 70.3 Å². The summed E-state index contributed by atoms with van der Waals surface area (Å²) in [6.07, 6.45) is 6.55. The largest absolute Gasteiger partial charge is 0.474 e. The Morgan fingerprint density at radius 2 is 1.67 bits per heavy atom. The molecule has 0 bridgehead atoms. The van der Waals surface area contributed by atoms with Crippen LogP contribution in [-0.2, 0) is 10.8 Å². The molecule has 0 spiro atoms. The molecule has 2 heterocycles. The predicted octanol–water partition coefficient (Wildman–Crippen LogP) is 4.62. The molecule has 1 aliphatic carbocycles. The highest BCUT2D eigenvalue weighted by Gasteiger charge is 2.37. The Morgan fingerprint density at radius 3 is 2.41 bits per heavy atom. The third-order valence-corrected chi connectivity index (χ3v) is 6.31. The lowest BCUT2D eigenvalue weighted by atomic mass is 9.63. The summed E-state index contributed by atoms with van der Waals surface area (Å²) in [5.74, 6) is 1.44. The molecule has 27 heavy (non-hydrogen) atoms. The van der Waals surface area contributed by atoms with Crippen molar-refractivity contribution in [3.63, 3.8) is 0 Å². The summed E-state index contributed by atoms with van der Waals surface area (Å²) in [4.78, 5) is 9.25. The summed E-state index contributed by atoms with van der Waals surface area (Å²) in [5.41, 5.74) is 4.39. The normalized spacial score (nSPS) is 21.5. The number of aromatic nitrogens is 2. The summed E-state index contributed by atoms with van der Waals surface area (Å²) in [6.45, 7) is 11.4. The third-order valence-electron chi connectivity index (χ3n) is 6.31. The van der Waals surface area contributed by atoms with Crippen molar-refractivity contribution in [3.05, 3.63) is 41.6 Å². The number of hydrogen-bond acceptors (Lipinski definition) is 4. The van der Waals surface area contributed by atoms with E-state index in [-0.39, 0.29) is 16.9 Å². The highest BCUT2D eigenvalue weighted by Crippen LogP contribution is 2.46. The molecule has 0 unspecified atom stereocenters. The lowest BCUT2D eigenvalue weighted by molar-refractivity contribution is 0.156. The standard InChI is InChI=1S/C23H31N3O/c1-22(2)10-11-23(3,4)19-15-16(5-6-18(19)22)21-25-14-9-20(26-21)27-17-7-12-24-13-8-17/h5-6,9,14-15,17,24H,7-8,10-13H2,1-4H3. The van der Waals surface area contributed by atoms with Crippen molar-refractivity contribution in [1.29, 1.82) is 0 Å². The van der Waals surface area contributed by atoms with E-state index in [2.05, 4.69) is 56.2 Å². The van der Waals surface area contributed by atoms with Gasteiger partial charge in [-0.05, 0) is 66.8 Å². The second-order valence-corrected chi connectivity index (χ2v) is 9.31. The number of piperidine rings is 1. The number of ether oxygens (including phenoxy) is 1. The van der Waals surface area contributed by atoms with Gasteiger partial charge in [-0.25, -0.2) is 4.98 Å². The average Bonchev–Trinajstić information content (AvgIpc) is 2.66. The van der Waals surface area contributed by atoms with Crippen LogP contribution in [0.4, 0.5) is 0 Å². The first-order chi connectivity index (χ1) is 12.9. The third kappa shape index (κ3) is 3.73. The first kappa shape index (κ1) is 18.4. The van der Waals surface area contributed by atoms with E-state index in [1.54, 1.807) is 0 Å². The van der Waals surface area contributed by atoms with E-state index in [1.165, 1.54) is 24.0 Å². The van der Waals surface area contributed by atoms with Crippen molar-refractivity contribution < 1.29 is 4.74 Å². The molecule has 4 heteroatoms. The monoisotopic (exact) mass is 365 g/mol. The Kier molecular flexibility index (Phi) is 4.71. The van der Waals surface area contributed by atoms with Crippen LogP contribution in [0.1, 0.15) is 64.5 Å². The molecule has 2 aliphatic rings. The van der Waals surface area contributed by atoms with Crippen LogP contribution >= 0.6 is 0 Å².